The summed E-state index contributed by atoms with van der Waals surface area (Å²) in [7, 11) is 4.05. The van der Waals surface area contributed by atoms with Gasteiger partial charge in [-0.2, -0.15) is 0 Å². The van der Waals surface area contributed by atoms with Gasteiger partial charge in [-0.15, -0.1) is 6.42 Å². The number of halogens is 1. The van der Waals surface area contributed by atoms with Gasteiger partial charge in [-0.3, -0.25) is 0 Å². The van der Waals surface area contributed by atoms with E-state index in [0.717, 1.165) is 41.0 Å². The zero-order chi connectivity index (χ0) is 25.1. The van der Waals surface area contributed by atoms with Gasteiger partial charge >= 0.3 is 5.97 Å². The molecule has 1 unspecified atom stereocenters. The fourth-order valence-corrected chi connectivity index (χ4v) is 5.51. The van der Waals surface area contributed by atoms with Crippen LogP contribution in [0.1, 0.15) is 40.0 Å². The Morgan fingerprint density at radius 1 is 1.17 bits per heavy atom. The second kappa shape index (κ2) is 12.1. The molecule has 1 aliphatic carbocycles. The highest BCUT2D eigenvalue weighted by molar-refractivity contribution is 5.78. The highest BCUT2D eigenvalue weighted by Crippen LogP contribution is 2.35. The van der Waals surface area contributed by atoms with Gasteiger partial charge in [0.25, 0.3) is 5.82 Å². The number of fused-ring (bicyclic) bond motifs is 1. The molecule has 36 heavy (non-hydrogen) atoms. The smallest absolute Gasteiger partial charge is 0.348 e. The molecule has 0 saturated heterocycles. The van der Waals surface area contributed by atoms with Crippen LogP contribution in [0.3, 0.4) is 0 Å². The van der Waals surface area contributed by atoms with Crippen molar-refractivity contribution in [3.8, 4) is 23.7 Å². The van der Waals surface area contributed by atoms with Crippen LogP contribution in [-0.2, 0) is 22.6 Å². The third-order valence-electron chi connectivity index (χ3n) is 7.40. The zero-order valence-electron chi connectivity index (χ0n) is 22.1. The summed E-state index contributed by atoms with van der Waals surface area (Å²) in [6.07, 6.45) is 9.02. The molecule has 0 amide bonds. The maximum Gasteiger partial charge on any atom is 0.348 e. The molecule has 3 atom stereocenters. The van der Waals surface area contributed by atoms with Crippen LogP contribution in [0.4, 0.5) is 5.69 Å². The second-order valence-corrected chi connectivity index (χ2v) is 10.5. The molecule has 1 saturated carbocycles. The third kappa shape index (κ3) is 5.88. The molecule has 2 aromatic carbocycles. The SMILES string of the molecule is C#CCn1c(-c2ccc(N(C)C)cc2)[n+](CC(=O)OC2C[C@H](C)CC[C@H]2C(C)C)c2ccccc21.[I-]. The summed E-state index contributed by atoms with van der Waals surface area (Å²) in [5.41, 5.74) is 4.12. The summed E-state index contributed by atoms with van der Waals surface area (Å²) in [4.78, 5) is 15.5. The first-order valence-electron chi connectivity index (χ1n) is 12.7. The molecule has 0 spiro atoms. The molecular formula is C30H38IN3O2. The van der Waals surface area contributed by atoms with Crippen LogP contribution in [0.15, 0.2) is 48.5 Å². The zero-order valence-corrected chi connectivity index (χ0v) is 24.2. The van der Waals surface area contributed by atoms with Crippen LogP contribution in [-0.4, -0.2) is 30.7 Å². The minimum atomic E-state index is -0.186. The Morgan fingerprint density at radius 3 is 2.50 bits per heavy atom. The topological polar surface area (TPSA) is 38.4 Å². The molecule has 192 valence electrons. The van der Waals surface area contributed by atoms with E-state index in [4.69, 9.17) is 11.2 Å². The molecule has 1 heterocycles. The Bertz CT molecular complexity index is 1220. The van der Waals surface area contributed by atoms with E-state index >= 15 is 0 Å². The minimum Gasteiger partial charge on any atom is -1.00 e. The molecule has 0 radical (unpaired) electrons. The van der Waals surface area contributed by atoms with Crippen molar-refractivity contribution < 1.29 is 38.1 Å². The summed E-state index contributed by atoms with van der Waals surface area (Å²) in [5.74, 6) is 5.03. The number of para-hydroxylation sites is 2. The molecule has 0 bridgehead atoms. The van der Waals surface area contributed by atoms with Crippen LogP contribution >= 0.6 is 0 Å². The standard InChI is InChI=1S/C30H38N3O2.HI/c1-7-18-32-26-10-8-9-11-27(26)33(30(32)23-13-15-24(16-14-23)31(5)6)20-29(34)35-28-19-22(4)12-17-25(28)21(2)3;/h1,8-11,13-16,21-22,25,28H,12,17-20H2,2-6H3;1H/q+1;/p-1/t22-,25+,28?;/m1./s1. The molecule has 1 fully saturated rings. The Labute approximate surface area is 232 Å². The van der Waals surface area contributed by atoms with Gasteiger partial charge in [0.1, 0.15) is 6.10 Å². The lowest BCUT2D eigenvalue weighted by Crippen LogP contribution is -3.00. The highest BCUT2D eigenvalue weighted by atomic mass is 127. The average molecular weight is 600 g/mol. The van der Waals surface area contributed by atoms with E-state index in [1.807, 2.05) is 32.3 Å². The number of carbonyl (C=O) groups is 1. The summed E-state index contributed by atoms with van der Waals surface area (Å²) in [6, 6.07) is 16.5. The number of hydrogen-bond acceptors (Lipinski definition) is 3. The van der Waals surface area contributed by atoms with Crippen molar-refractivity contribution in [2.24, 2.45) is 17.8 Å². The summed E-state index contributed by atoms with van der Waals surface area (Å²) in [5, 5.41) is 0. The number of nitrogens with zero attached hydrogens (tertiary/aromatic N) is 3. The fraction of sp³-hybridized carbons (Fsp3) is 0.467. The number of aromatic nitrogens is 2. The van der Waals surface area contributed by atoms with Crippen LogP contribution in [0.2, 0.25) is 0 Å². The van der Waals surface area contributed by atoms with E-state index in [1.54, 1.807) is 0 Å². The Balaban J connectivity index is 0.00000361. The van der Waals surface area contributed by atoms with Crippen molar-refractivity contribution in [2.45, 2.75) is 59.2 Å². The van der Waals surface area contributed by atoms with Crippen molar-refractivity contribution in [1.82, 2.24) is 4.57 Å². The first-order valence-corrected chi connectivity index (χ1v) is 12.7. The molecular weight excluding hydrogens is 561 g/mol. The monoisotopic (exact) mass is 599 g/mol. The van der Waals surface area contributed by atoms with Crippen molar-refractivity contribution in [3.63, 3.8) is 0 Å². The van der Waals surface area contributed by atoms with Gasteiger partial charge < -0.3 is 33.6 Å². The second-order valence-electron chi connectivity index (χ2n) is 10.5. The van der Waals surface area contributed by atoms with Gasteiger partial charge in [0.05, 0.1) is 5.56 Å². The van der Waals surface area contributed by atoms with Gasteiger partial charge in [0, 0.05) is 19.8 Å². The first kappa shape index (κ1) is 28.0. The van der Waals surface area contributed by atoms with Crippen molar-refractivity contribution in [2.75, 3.05) is 19.0 Å². The number of terminal acetylenes is 1. The number of esters is 1. The van der Waals surface area contributed by atoms with E-state index in [9.17, 15) is 4.79 Å². The normalized spacial score (nSPS) is 19.5. The minimum absolute atomic E-state index is 0. The van der Waals surface area contributed by atoms with Crippen LogP contribution in [0.5, 0.6) is 0 Å². The molecule has 0 aliphatic heterocycles. The lowest BCUT2D eigenvalue weighted by atomic mass is 9.75. The molecule has 5 nitrogen and oxygen atoms in total. The van der Waals surface area contributed by atoms with Gasteiger partial charge in [-0.25, -0.2) is 13.9 Å². The molecule has 1 aliphatic rings. The molecule has 4 rings (SSSR count). The highest BCUT2D eigenvalue weighted by Gasteiger charge is 2.35. The Kier molecular flexibility index (Phi) is 9.46. The van der Waals surface area contributed by atoms with E-state index in [0.29, 0.717) is 24.3 Å². The predicted octanol–water partition coefficient (Wildman–Crippen LogP) is 2.30. The fourth-order valence-electron chi connectivity index (χ4n) is 5.51. The average Bonchev–Trinajstić information content (AvgIpc) is 3.12. The van der Waals surface area contributed by atoms with Crippen LogP contribution < -0.4 is 33.4 Å². The van der Waals surface area contributed by atoms with Gasteiger partial charge in [-0.05, 0) is 67.0 Å². The van der Waals surface area contributed by atoms with E-state index in [-0.39, 0.29) is 42.6 Å². The van der Waals surface area contributed by atoms with Gasteiger partial charge in [0.2, 0.25) is 0 Å². The Morgan fingerprint density at radius 2 is 1.86 bits per heavy atom. The Hall–Kier alpha value is -2.53. The van der Waals surface area contributed by atoms with Gasteiger partial charge in [-0.1, -0.05) is 45.2 Å². The number of imidazole rings is 1. The number of hydrogen-bond donors (Lipinski definition) is 0. The van der Waals surface area contributed by atoms with E-state index < -0.39 is 0 Å². The maximum atomic E-state index is 13.4. The maximum absolute atomic E-state index is 13.4. The first-order chi connectivity index (χ1) is 16.8. The number of carbonyl (C=O) groups excluding carboxylic acids is 1. The third-order valence-corrected chi connectivity index (χ3v) is 7.40. The van der Waals surface area contributed by atoms with Crippen molar-refractivity contribution in [3.05, 3.63) is 48.5 Å². The summed E-state index contributed by atoms with van der Waals surface area (Å²) in [6.45, 7) is 7.30. The van der Waals surface area contributed by atoms with Crippen molar-refractivity contribution >= 4 is 22.7 Å². The number of ether oxygens (including phenoxy) is 1. The van der Waals surface area contributed by atoms with Crippen molar-refractivity contribution in [1.29, 1.82) is 0 Å². The lowest BCUT2D eigenvalue weighted by Gasteiger charge is -2.36. The van der Waals surface area contributed by atoms with Gasteiger partial charge in [0.15, 0.2) is 24.1 Å². The summed E-state index contributed by atoms with van der Waals surface area (Å²) < 4.78 is 10.4. The summed E-state index contributed by atoms with van der Waals surface area (Å²) >= 11 is 0. The number of benzene rings is 2. The van der Waals surface area contributed by atoms with E-state index in [2.05, 4.69) is 71.1 Å². The molecule has 6 heteroatoms. The lowest BCUT2D eigenvalue weighted by molar-refractivity contribution is -0.649. The number of rotatable bonds is 7. The van der Waals surface area contributed by atoms with E-state index in [1.165, 1.54) is 6.42 Å². The molecule has 0 N–H and O–H groups in total. The largest absolute Gasteiger partial charge is 1.00 e. The molecule has 1 aromatic heterocycles. The quantitative estimate of drug-likeness (QED) is 0.181. The van der Waals surface area contributed by atoms with Crippen LogP contribution in [0, 0.1) is 30.1 Å². The van der Waals surface area contributed by atoms with Crippen LogP contribution in [0.25, 0.3) is 22.4 Å². The predicted molar refractivity (Wildman–Crippen MR) is 142 cm³/mol. The molecule has 3 aromatic rings. The number of anilines is 1.